The molecule has 0 aromatic rings. The van der Waals surface area contributed by atoms with Gasteiger partial charge in [-0.3, -0.25) is 0 Å². The molecule has 0 aromatic carbocycles. The van der Waals surface area contributed by atoms with E-state index in [-0.39, 0.29) is 5.97 Å². The highest BCUT2D eigenvalue weighted by molar-refractivity contribution is 5.69. The van der Waals surface area contributed by atoms with E-state index in [1.807, 2.05) is 0 Å². The van der Waals surface area contributed by atoms with Gasteiger partial charge in [0.05, 0.1) is 0 Å². The lowest BCUT2D eigenvalue weighted by molar-refractivity contribution is -0.143. The third kappa shape index (κ3) is 17.1. The summed E-state index contributed by atoms with van der Waals surface area (Å²) in [6.07, 6.45) is 19.1. The molecule has 0 amide bonds. The summed E-state index contributed by atoms with van der Waals surface area (Å²) in [5, 5.41) is 3.48. The Bertz CT molecular complexity index is 252. The zero-order chi connectivity index (χ0) is 15.6. The van der Waals surface area contributed by atoms with Crippen LogP contribution in [0.15, 0.2) is 5.16 Å². The number of hydrogen-bond donors (Lipinski definition) is 0. The van der Waals surface area contributed by atoms with Gasteiger partial charge in [0.2, 0.25) is 0 Å². The van der Waals surface area contributed by atoms with Crippen molar-refractivity contribution in [3.05, 3.63) is 0 Å². The Kier molecular flexibility index (Phi) is 16.5. The molecule has 0 radical (unpaired) electrons. The summed E-state index contributed by atoms with van der Waals surface area (Å²) in [7, 11) is 0. The van der Waals surface area contributed by atoms with Gasteiger partial charge in [0.15, 0.2) is 0 Å². The first kappa shape index (κ1) is 20.1. The predicted octanol–water partition coefficient (Wildman–Crippen LogP) is 6.02. The first-order valence-electron chi connectivity index (χ1n) is 8.99. The smallest absolute Gasteiger partial charge is 0.319 e. The van der Waals surface area contributed by atoms with E-state index in [2.05, 4.69) is 16.9 Å². The van der Waals surface area contributed by atoms with Crippen LogP contribution in [-0.2, 0) is 9.63 Å². The van der Waals surface area contributed by atoms with Gasteiger partial charge in [-0.05, 0) is 13.3 Å². The number of carbonyl (C=O) groups excluding carboxylic acids is 1. The van der Waals surface area contributed by atoms with Crippen molar-refractivity contribution >= 4 is 12.2 Å². The fraction of sp³-hybridized carbons (Fsp3) is 0.889. The van der Waals surface area contributed by atoms with Crippen molar-refractivity contribution in [2.75, 3.05) is 0 Å². The fourth-order valence-corrected chi connectivity index (χ4v) is 2.44. The third-order valence-corrected chi connectivity index (χ3v) is 3.74. The molecule has 0 spiro atoms. The molecule has 0 saturated heterocycles. The van der Waals surface area contributed by atoms with Crippen LogP contribution in [0.3, 0.4) is 0 Å². The van der Waals surface area contributed by atoms with Gasteiger partial charge in [-0.25, -0.2) is 4.79 Å². The molecule has 0 saturated carbocycles. The van der Waals surface area contributed by atoms with Gasteiger partial charge in [0, 0.05) is 12.6 Å². The predicted molar refractivity (Wildman–Crippen MR) is 90.6 cm³/mol. The maximum absolute atomic E-state index is 11.2. The van der Waals surface area contributed by atoms with Crippen LogP contribution in [0, 0.1) is 0 Å². The first-order valence-corrected chi connectivity index (χ1v) is 8.99. The Morgan fingerprint density at radius 1 is 0.810 bits per heavy atom. The highest BCUT2D eigenvalue weighted by Gasteiger charge is 2.01. The molecule has 0 fully saturated rings. The van der Waals surface area contributed by atoms with Crippen molar-refractivity contribution in [3.63, 3.8) is 0 Å². The van der Waals surface area contributed by atoms with Crippen LogP contribution < -0.4 is 0 Å². The Hall–Kier alpha value is -0.860. The van der Waals surface area contributed by atoms with Crippen molar-refractivity contribution in [1.29, 1.82) is 0 Å². The second kappa shape index (κ2) is 17.2. The molecular formula is C18H35NO2. The molecule has 0 aliphatic carbocycles. The van der Waals surface area contributed by atoms with E-state index in [1.54, 1.807) is 6.92 Å². The van der Waals surface area contributed by atoms with Crippen LogP contribution in [0.25, 0.3) is 0 Å². The fourth-order valence-electron chi connectivity index (χ4n) is 2.44. The van der Waals surface area contributed by atoms with Crippen molar-refractivity contribution < 1.29 is 9.63 Å². The van der Waals surface area contributed by atoms with Gasteiger partial charge in [0.1, 0.15) is 0 Å². The summed E-state index contributed by atoms with van der Waals surface area (Å²) in [6, 6.07) is 0. The van der Waals surface area contributed by atoms with Gasteiger partial charge in [0.25, 0.3) is 0 Å². The lowest BCUT2D eigenvalue weighted by Crippen LogP contribution is -1.99. The number of rotatable bonds is 15. The van der Waals surface area contributed by atoms with Gasteiger partial charge < -0.3 is 4.84 Å². The van der Waals surface area contributed by atoms with Gasteiger partial charge in [-0.15, -0.1) is 0 Å². The highest BCUT2D eigenvalue weighted by Crippen LogP contribution is 2.13. The molecule has 0 rings (SSSR count). The Morgan fingerprint density at radius 2 is 1.24 bits per heavy atom. The molecule has 0 N–H and O–H groups in total. The van der Waals surface area contributed by atoms with Crippen molar-refractivity contribution in [2.45, 2.75) is 104 Å². The molecule has 0 bridgehead atoms. The minimum absolute atomic E-state index is 0.212. The van der Waals surface area contributed by atoms with Gasteiger partial charge >= 0.3 is 5.97 Å². The highest BCUT2D eigenvalue weighted by atomic mass is 16.7. The molecule has 0 atom stereocenters. The lowest BCUT2D eigenvalue weighted by Gasteiger charge is -2.02. The van der Waals surface area contributed by atoms with Crippen molar-refractivity contribution in [1.82, 2.24) is 0 Å². The van der Waals surface area contributed by atoms with E-state index in [9.17, 15) is 4.79 Å². The molecule has 3 nitrogen and oxygen atoms in total. The molecule has 0 aliphatic heterocycles. The van der Waals surface area contributed by atoms with E-state index in [0.29, 0.717) is 6.42 Å². The Morgan fingerprint density at radius 3 is 1.67 bits per heavy atom. The topological polar surface area (TPSA) is 38.7 Å². The summed E-state index contributed by atoms with van der Waals surface area (Å²) >= 11 is 0. The molecule has 124 valence electrons. The van der Waals surface area contributed by atoms with E-state index < -0.39 is 0 Å². The van der Waals surface area contributed by atoms with E-state index in [1.165, 1.54) is 76.8 Å². The zero-order valence-electron chi connectivity index (χ0n) is 14.2. The number of nitrogens with zero attached hydrogens (tertiary/aromatic N) is 1. The standard InChI is InChI=1S/C18H35NO2/c1-3-5-6-7-8-9-10-11-12-13-14-15-16-17-18(20)21-19-4-2/h4H,3,5-17H2,1-2H3. The van der Waals surface area contributed by atoms with Crippen LogP contribution in [-0.4, -0.2) is 12.2 Å². The monoisotopic (exact) mass is 297 g/mol. The molecule has 0 heterocycles. The van der Waals surface area contributed by atoms with Gasteiger partial charge in [-0.1, -0.05) is 89.1 Å². The van der Waals surface area contributed by atoms with Crippen LogP contribution in [0.4, 0.5) is 0 Å². The average Bonchev–Trinajstić information content (AvgIpc) is 2.49. The first-order chi connectivity index (χ1) is 10.3. The minimum Gasteiger partial charge on any atom is -0.319 e. The van der Waals surface area contributed by atoms with Crippen molar-refractivity contribution in [2.24, 2.45) is 5.16 Å². The van der Waals surface area contributed by atoms with Crippen molar-refractivity contribution in [3.8, 4) is 0 Å². The lowest BCUT2D eigenvalue weighted by atomic mass is 10.0. The largest absolute Gasteiger partial charge is 0.334 e. The molecule has 21 heavy (non-hydrogen) atoms. The normalized spacial score (nSPS) is 11.1. The SMILES string of the molecule is CC=NOC(=O)CCCCCCCCCCCCCCC. The molecule has 0 aliphatic rings. The van der Waals surface area contributed by atoms with Crippen LogP contribution >= 0.6 is 0 Å². The van der Waals surface area contributed by atoms with E-state index >= 15 is 0 Å². The van der Waals surface area contributed by atoms with Crippen LogP contribution in [0.2, 0.25) is 0 Å². The summed E-state index contributed by atoms with van der Waals surface area (Å²) in [4.78, 5) is 15.8. The summed E-state index contributed by atoms with van der Waals surface area (Å²) in [6.45, 7) is 4.00. The van der Waals surface area contributed by atoms with E-state index in [0.717, 1.165) is 12.8 Å². The van der Waals surface area contributed by atoms with Crippen LogP contribution in [0.1, 0.15) is 104 Å². The number of unbranched alkanes of at least 4 members (excludes halogenated alkanes) is 12. The third-order valence-electron chi connectivity index (χ3n) is 3.74. The second-order valence-corrected chi connectivity index (χ2v) is 5.82. The Labute approximate surface area is 131 Å². The quantitative estimate of drug-likeness (QED) is 0.160. The molecule has 0 aromatic heterocycles. The number of carbonyl (C=O) groups is 1. The average molecular weight is 297 g/mol. The summed E-state index contributed by atoms with van der Waals surface area (Å²) < 4.78 is 0. The van der Waals surface area contributed by atoms with Crippen LogP contribution in [0.5, 0.6) is 0 Å². The van der Waals surface area contributed by atoms with Gasteiger partial charge in [-0.2, -0.15) is 0 Å². The molecule has 0 unspecified atom stereocenters. The second-order valence-electron chi connectivity index (χ2n) is 5.82. The number of hydrogen-bond acceptors (Lipinski definition) is 3. The minimum atomic E-state index is -0.212. The maximum atomic E-state index is 11.2. The number of oxime groups is 1. The maximum Gasteiger partial charge on any atom is 0.334 e. The summed E-state index contributed by atoms with van der Waals surface area (Å²) in [5.41, 5.74) is 0. The zero-order valence-corrected chi connectivity index (χ0v) is 14.2. The Balaban J connectivity index is 3.07. The molecule has 3 heteroatoms. The summed E-state index contributed by atoms with van der Waals surface area (Å²) in [5.74, 6) is -0.212. The van der Waals surface area contributed by atoms with E-state index in [4.69, 9.17) is 0 Å². The molecular weight excluding hydrogens is 262 g/mol.